The Labute approximate surface area is 124 Å². The molecule has 2 aromatic carbocycles. The van der Waals surface area contributed by atoms with Crippen LogP contribution in [0.1, 0.15) is 28.3 Å². The van der Waals surface area contributed by atoms with E-state index >= 15 is 0 Å². The van der Waals surface area contributed by atoms with Crippen LogP contribution in [-0.2, 0) is 0 Å². The summed E-state index contributed by atoms with van der Waals surface area (Å²) in [6.45, 7) is 4.23. The van der Waals surface area contributed by atoms with Crippen LogP contribution in [-0.4, -0.2) is 4.98 Å². The number of hydrogen-bond acceptors (Lipinski definition) is 3. The van der Waals surface area contributed by atoms with Gasteiger partial charge in [-0.05, 0) is 35.9 Å². The van der Waals surface area contributed by atoms with Gasteiger partial charge in [-0.25, -0.2) is 5.43 Å². The Kier molecular flexibility index (Phi) is 3.69. The molecule has 3 aromatic rings. The van der Waals surface area contributed by atoms with E-state index in [9.17, 15) is 0 Å². The second-order valence-electron chi connectivity index (χ2n) is 5.36. The molecule has 0 aliphatic heterocycles. The van der Waals surface area contributed by atoms with E-state index in [0.29, 0.717) is 0 Å². The van der Waals surface area contributed by atoms with Crippen molar-refractivity contribution in [2.75, 3.05) is 0 Å². The van der Waals surface area contributed by atoms with E-state index in [-0.39, 0.29) is 6.04 Å². The van der Waals surface area contributed by atoms with Crippen molar-refractivity contribution in [1.82, 2.24) is 10.4 Å². The zero-order chi connectivity index (χ0) is 14.8. The Hall–Kier alpha value is -2.23. The molecule has 0 amide bonds. The van der Waals surface area contributed by atoms with Crippen LogP contribution >= 0.6 is 0 Å². The Bertz CT molecular complexity index is 755. The Morgan fingerprint density at radius 3 is 2.38 bits per heavy atom. The molecule has 1 unspecified atom stereocenters. The van der Waals surface area contributed by atoms with Crippen molar-refractivity contribution in [3.8, 4) is 0 Å². The first-order chi connectivity index (χ1) is 10.2. The van der Waals surface area contributed by atoms with Crippen LogP contribution in [0.5, 0.6) is 0 Å². The smallest absolute Gasteiger partial charge is 0.0736 e. The Morgan fingerprint density at radius 1 is 0.952 bits per heavy atom. The highest BCUT2D eigenvalue weighted by molar-refractivity contribution is 5.85. The van der Waals surface area contributed by atoms with E-state index in [0.717, 1.165) is 10.9 Å². The molecule has 0 radical (unpaired) electrons. The Balaban J connectivity index is 2.24. The average molecular weight is 277 g/mol. The SMILES string of the molecule is Cc1cccc(C)c1C(NN)c1cncc2ccccc12. The number of aryl methyl sites for hydroxylation is 2. The number of nitrogens with one attached hydrogen (secondary N) is 1. The number of aromatic nitrogens is 1. The topological polar surface area (TPSA) is 50.9 Å². The molecule has 3 N–H and O–H groups in total. The summed E-state index contributed by atoms with van der Waals surface area (Å²) in [5.74, 6) is 5.89. The van der Waals surface area contributed by atoms with Gasteiger partial charge in [0.05, 0.1) is 6.04 Å². The third kappa shape index (κ3) is 2.42. The fourth-order valence-corrected chi connectivity index (χ4v) is 2.98. The molecule has 0 spiro atoms. The monoisotopic (exact) mass is 277 g/mol. The van der Waals surface area contributed by atoms with Crippen LogP contribution in [0.2, 0.25) is 0 Å². The van der Waals surface area contributed by atoms with Gasteiger partial charge >= 0.3 is 0 Å². The van der Waals surface area contributed by atoms with Crippen molar-refractivity contribution in [3.63, 3.8) is 0 Å². The normalized spacial score (nSPS) is 12.5. The highest BCUT2D eigenvalue weighted by Crippen LogP contribution is 2.31. The molecule has 0 saturated carbocycles. The fraction of sp³-hybridized carbons (Fsp3) is 0.167. The number of pyridine rings is 1. The first-order valence-electron chi connectivity index (χ1n) is 7.07. The van der Waals surface area contributed by atoms with Gasteiger partial charge in [-0.15, -0.1) is 0 Å². The number of nitrogens with two attached hydrogens (primary N) is 1. The van der Waals surface area contributed by atoms with Gasteiger partial charge in [0.15, 0.2) is 0 Å². The van der Waals surface area contributed by atoms with Crippen LogP contribution < -0.4 is 11.3 Å². The van der Waals surface area contributed by atoms with E-state index in [2.05, 4.69) is 54.6 Å². The molecule has 3 nitrogen and oxygen atoms in total. The van der Waals surface area contributed by atoms with Crippen molar-refractivity contribution >= 4 is 10.8 Å². The second kappa shape index (κ2) is 5.64. The van der Waals surface area contributed by atoms with Crippen LogP contribution in [0.3, 0.4) is 0 Å². The second-order valence-corrected chi connectivity index (χ2v) is 5.36. The third-order valence-corrected chi connectivity index (χ3v) is 4.01. The lowest BCUT2D eigenvalue weighted by molar-refractivity contribution is 0.632. The van der Waals surface area contributed by atoms with Crippen molar-refractivity contribution in [2.45, 2.75) is 19.9 Å². The molecule has 0 fully saturated rings. The zero-order valence-corrected chi connectivity index (χ0v) is 12.3. The van der Waals surface area contributed by atoms with E-state index < -0.39 is 0 Å². The first-order valence-corrected chi connectivity index (χ1v) is 7.07. The molecule has 0 saturated heterocycles. The third-order valence-electron chi connectivity index (χ3n) is 4.01. The largest absolute Gasteiger partial charge is 0.271 e. The lowest BCUT2D eigenvalue weighted by Crippen LogP contribution is -2.30. The summed E-state index contributed by atoms with van der Waals surface area (Å²) in [6, 6.07) is 14.5. The van der Waals surface area contributed by atoms with Crippen LogP contribution in [0.15, 0.2) is 54.9 Å². The average Bonchev–Trinajstić information content (AvgIpc) is 2.51. The predicted molar refractivity (Wildman–Crippen MR) is 86.8 cm³/mol. The molecule has 0 aliphatic carbocycles. The fourth-order valence-electron chi connectivity index (χ4n) is 2.98. The van der Waals surface area contributed by atoms with Gasteiger partial charge in [0.25, 0.3) is 0 Å². The summed E-state index contributed by atoms with van der Waals surface area (Å²) < 4.78 is 0. The molecule has 3 rings (SSSR count). The lowest BCUT2D eigenvalue weighted by Gasteiger charge is -2.22. The summed E-state index contributed by atoms with van der Waals surface area (Å²) in [5, 5.41) is 2.31. The van der Waals surface area contributed by atoms with Crippen LogP contribution in [0.25, 0.3) is 10.8 Å². The molecule has 3 heteroatoms. The van der Waals surface area contributed by atoms with Crippen molar-refractivity contribution in [3.05, 3.63) is 77.1 Å². The molecule has 0 aliphatic rings. The number of rotatable bonds is 3. The number of benzene rings is 2. The molecule has 1 heterocycles. The number of nitrogens with zero attached hydrogens (tertiary/aromatic N) is 1. The van der Waals surface area contributed by atoms with Crippen molar-refractivity contribution < 1.29 is 0 Å². The number of hydrazine groups is 1. The van der Waals surface area contributed by atoms with E-state index in [1.54, 1.807) is 0 Å². The molecule has 1 atom stereocenters. The maximum absolute atomic E-state index is 5.89. The van der Waals surface area contributed by atoms with E-state index in [1.807, 2.05) is 24.5 Å². The van der Waals surface area contributed by atoms with Gasteiger partial charge in [-0.3, -0.25) is 10.8 Å². The maximum atomic E-state index is 5.89. The number of hydrogen-bond donors (Lipinski definition) is 2. The zero-order valence-electron chi connectivity index (χ0n) is 12.3. The van der Waals surface area contributed by atoms with Gasteiger partial charge < -0.3 is 0 Å². The predicted octanol–water partition coefficient (Wildman–Crippen LogP) is 3.40. The summed E-state index contributed by atoms with van der Waals surface area (Å²) in [6.07, 6.45) is 3.79. The summed E-state index contributed by atoms with van der Waals surface area (Å²) in [4.78, 5) is 4.37. The van der Waals surface area contributed by atoms with E-state index in [1.165, 1.54) is 22.1 Å². The van der Waals surface area contributed by atoms with Gasteiger partial charge in [0.1, 0.15) is 0 Å². The minimum Gasteiger partial charge on any atom is -0.271 e. The Morgan fingerprint density at radius 2 is 1.67 bits per heavy atom. The molecule has 106 valence electrons. The highest BCUT2D eigenvalue weighted by atomic mass is 15.2. The molecule has 21 heavy (non-hydrogen) atoms. The van der Waals surface area contributed by atoms with Gasteiger partial charge in [-0.2, -0.15) is 0 Å². The summed E-state index contributed by atoms with van der Waals surface area (Å²) >= 11 is 0. The van der Waals surface area contributed by atoms with E-state index in [4.69, 9.17) is 5.84 Å². The quantitative estimate of drug-likeness (QED) is 0.570. The number of fused-ring (bicyclic) bond motifs is 1. The van der Waals surface area contributed by atoms with Gasteiger partial charge in [0.2, 0.25) is 0 Å². The van der Waals surface area contributed by atoms with Crippen LogP contribution in [0, 0.1) is 13.8 Å². The molecule has 0 bridgehead atoms. The summed E-state index contributed by atoms with van der Waals surface area (Å²) in [5.41, 5.74) is 7.75. The highest BCUT2D eigenvalue weighted by Gasteiger charge is 2.19. The standard InChI is InChI=1S/C18H19N3/c1-12-6-5-7-13(2)17(12)18(21-19)16-11-20-10-14-8-3-4-9-15(14)16/h3-11,18,21H,19H2,1-2H3. The first kappa shape index (κ1) is 13.7. The maximum Gasteiger partial charge on any atom is 0.0736 e. The van der Waals surface area contributed by atoms with Gasteiger partial charge in [0, 0.05) is 23.3 Å². The van der Waals surface area contributed by atoms with Gasteiger partial charge in [-0.1, -0.05) is 42.5 Å². The summed E-state index contributed by atoms with van der Waals surface area (Å²) in [7, 11) is 0. The molecule has 1 aromatic heterocycles. The minimum absolute atomic E-state index is 0.0650. The molecular weight excluding hydrogens is 258 g/mol. The lowest BCUT2D eigenvalue weighted by atomic mass is 9.90. The minimum atomic E-state index is -0.0650. The van der Waals surface area contributed by atoms with Crippen molar-refractivity contribution in [1.29, 1.82) is 0 Å². The molecular formula is C18H19N3. The van der Waals surface area contributed by atoms with Crippen LogP contribution in [0.4, 0.5) is 0 Å². The van der Waals surface area contributed by atoms with Crippen molar-refractivity contribution in [2.24, 2.45) is 5.84 Å².